The number of carbonyl (C=O) groups excluding carboxylic acids is 1. The van der Waals surface area contributed by atoms with Gasteiger partial charge >= 0.3 is 0 Å². The molecular formula is C13H24N2O4. The van der Waals surface area contributed by atoms with Crippen LogP contribution in [0.15, 0.2) is 0 Å². The van der Waals surface area contributed by atoms with Gasteiger partial charge in [-0.05, 0) is 13.8 Å². The van der Waals surface area contributed by atoms with Crippen LogP contribution in [-0.2, 0) is 14.3 Å². The molecule has 0 radical (unpaired) electrons. The van der Waals surface area contributed by atoms with E-state index < -0.39 is 0 Å². The standard InChI is InChI=1S/C13H24N2O4/c1-10-9-19-12(8-16)6-15(10)7-13(17)14-3-4-18-11(2)5-14/h10-12,16H,3-9H2,1-2H3. The minimum Gasteiger partial charge on any atom is -0.394 e. The summed E-state index contributed by atoms with van der Waals surface area (Å²) in [5.41, 5.74) is 0. The van der Waals surface area contributed by atoms with Gasteiger partial charge < -0.3 is 19.5 Å². The largest absolute Gasteiger partial charge is 0.394 e. The Morgan fingerprint density at radius 2 is 2.11 bits per heavy atom. The predicted octanol–water partition coefficient (Wildman–Crippen LogP) is -0.685. The minimum atomic E-state index is -0.174. The molecule has 6 nitrogen and oxygen atoms in total. The second kappa shape index (κ2) is 6.65. The molecular weight excluding hydrogens is 248 g/mol. The number of nitrogens with zero attached hydrogens (tertiary/aromatic N) is 2. The molecule has 0 spiro atoms. The first-order valence-corrected chi connectivity index (χ1v) is 6.96. The summed E-state index contributed by atoms with van der Waals surface area (Å²) in [5.74, 6) is 0.139. The molecule has 110 valence electrons. The van der Waals surface area contributed by atoms with Gasteiger partial charge in [-0.3, -0.25) is 9.69 Å². The number of carbonyl (C=O) groups is 1. The molecule has 0 aromatic carbocycles. The highest BCUT2D eigenvalue weighted by Gasteiger charge is 2.29. The predicted molar refractivity (Wildman–Crippen MR) is 69.9 cm³/mol. The van der Waals surface area contributed by atoms with Gasteiger partial charge in [-0.2, -0.15) is 0 Å². The molecule has 2 saturated heterocycles. The van der Waals surface area contributed by atoms with E-state index in [-0.39, 0.29) is 30.8 Å². The topological polar surface area (TPSA) is 62.2 Å². The number of ether oxygens (including phenoxy) is 2. The molecule has 3 unspecified atom stereocenters. The summed E-state index contributed by atoms with van der Waals surface area (Å²) in [6, 6.07) is 0.213. The Hall–Kier alpha value is -0.690. The number of hydrogen-bond acceptors (Lipinski definition) is 5. The second-order valence-corrected chi connectivity index (χ2v) is 5.44. The Kier molecular flexibility index (Phi) is 5.15. The third kappa shape index (κ3) is 3.89. The first-order chi connectivity index (χ1) is 9.10. The summed E-state index contributed by atoms with van der Waals surface area (Å²) in [5, 5.41) is 9.15. The first kappa shape index (κ1) is 14.7. The van der Waals surface area contributed by atoms with Crippen LogP contribution in [0, 0.1) is 0 Å². The van der Waals surface area contributed by atoms with E-state index in [0.29, 0.717) is 39.4 Å². The lowest BCUT2D eigenvalue weighted by Gasteiger charge is -2.39. The van der Waals surface area contributed by atoms with Crippen LogP contribution in [0.2, 0.25) is 0 Å². The molecule has 2 rings (SSSR count). The molecule has 19 heavy (non-hydrogen) atoms. The molecule has 0 aromatic rings. The Morgan fingerprint density at radius 1 is 1.32 bits per heavy atom. The summed E-state index contributed by atoms with van der Waals surface area (Å²) in [4.78, 5) is 16.2. The van der Waals surface area contributed by atoms with Gasteiger partial charge in [-0.15, -0.1) is 0 Å². The van der Waals surface area contributed by atoms with Crippen molar-refractivity contribution in [1.29, 1.82) is 0 Å². The maximum Gasteiger partial charge on any atom is 0.236 e. The van der Waals surface area contributed by atoms with Crippen LogP contribution >= 0.6 is 0 Å². The number of aliphatic hydroxyl groups excluding tert-OH is 1. The molecule has 1 N–H and O–H groups in total. The lowest BCUT2D eigenvalue weighted by molar-refractivity contribution is -0.143. The van der Waals surface area contributed by atoms with Crippen LogP contribution < -0.4 is 0 Å². The van der Waals surface area contributed by atoms with E-state index in [1.54, 1.807) is 0 Å². The number of morpholine rings is 2. The van der Waals surface area contributed by atoms with E-state index in [1.165, 1.54) is 0 Å². The molecule has 2 fully saturated rings. The van der Waals surface area contributed by atoms with Gasteiger partial charge in [-0.25, -0.2) is 0 Å². The van der Waals surface area contributed by atoms with Crippen molar-refractivity contribution in [2.75, 3.05) is 46.0 Å². The van der Waals surface area contributed by atoms with E-state index in [4.69, 9.17) is 14.6 Å². The Balaban J connectivity index is 1.86. The smallest absolute Gasteiger partial charge is 0.236 e. The van der Waals surface area contributed by atoms with Gasteiger partial charge in [0.25, 0.3) is 0 Å². The SMILES string of the molecule is CC1CN(C(=O)CN2CC(CO)OCC2C)CCO1. The quantitative estimate of drug-likeness (QED) is 0.737. The van der Waals surface area contributed by atoms with Gasteiger partial charge in [0.1, 0.15) is 0 Å². The van der Waals surface area contributed by atoms with Crippen molar-refractivity contribution in [3.63, 3.8) is 0 Å². The van der Waals surface area contributed by atoms with E-state index in [9.17, 15) is 4.79 Å². The average molecular weight is 272 g/mol. The van der Waals surface area contributed by atoms with Crippen LogP contribution in [0.25, 0.3) is 0 Å². The Morgan fingerprint density at radius 3 is 2.79 bits per heavy atom. The van der Waals surface area contributed by atoms with Crippen LogP contribution in [-0.4, -0.2) is 85.1 Å². The first-order valence-electron chi connectivity index (χ1n) is 6.96. The fourth-order valence-corrected chi connectivity index (χ4v) is 2.52. The van der Waals surface area contributed by atoms with E-state index in [2.05, 4.69) is 4.90 Å². The van der Waals surface area contributed by atoms with Crippen molar-refractivity contribution in [1.82, 2.24) is 9.80 Å². The highest BCUT2D eigenvalue weighted by Crippen LogP contribution is 2.12. The van der Waals surface area contributed by atoms with Crippen LogP contribution in [0.4, 0.5) is 0 Å². The highest BCUT2D eigenvalue weighted by molar-refractivity contribution is 5.78. The molecule has 0 aliphatic carbocycles. The molecule has 3 atom stereocenters. The normalized spacial score (nSPS) is 33.4. The molecule has 0 bridgehead atoms. The number of rotatable bonds is 3. The average Bonchev–Trinajstić information content (AvgIpc) is 2.41. The molecule has 2 aliphatic heterocycles. The molecule has 0 aromatic heterocycles. The number of amides is 1. The lowest BCUT2D eigenvalue weighted by Crippen LogP contribution is -2.54. The van der Waals surface area contributed by atoms with E-state index in [1.807, 2.05) is 18.7 Å². The zero-order valence-corrected chi connectivity index (χ0v) is 11.7. The molecule has 1 amide bonds. The lowest BCUT2D eigenvalue weighted by atomic mass is 10.2. The number of hydrogen-bond donors (Lipinski definition) is 1. The van der Waals surface area contributed by atoms with Crippen molar-refractivity contribution in [3.8, 4) is 0 Å². The summed E-state index contributed by atoms with van der Waals surface area (Å²) in [6.07, 6.45) is -0.0578. The van der Waals surface area contributed by atoms with Gasteiger partial charge in [0.2, 0.25) is 5.91 Å². The van der Waals surface area contributed by atoms with E-state index >= 15 is 0 Å². The molecule has 6 heteroatoms. The summed E-state index contributed by atoms with van der Waals surface area (Å²) in [7, 11) is 0. The van der Waals surface area contributed by atoms with E-state index in [0.717, 1.165) is 0 Å². The maximum absolute atomic E-state index is 12.3. The maximum atomic E-state index is 12.3. The third-order valence-electron chi connectivity index (χ3n) is 3.77. The van der Waals surface area contributed by atoms with Crippen molar-refractivity contribution in [2.24, 2.45) is 0 Å². The zero-order chi connectivity index (χ0) is 13.8. The van der Waals surface area contributed by atoms with Crippen molar-refractivity contribution in [2.45, 2.75) is 32.1 Å². The van der Waals surface area contributed by atoms with Gasteiger partial charge in [-0.1, -0.05) is 0 Å². The van der Waals surface area contributed by atoms with Crippen molar-refractivity contribution in [3.05, 3.63) is 0 Å². The summed E-state index contributed by atoms with van der Waals surface area (Å²) >= 11 is 0. The summed E-state index contributed by atoms with van der Waals surface area (Å²) in [6.45, 7) is 7.57. The summed E-state index contributed by atoms with van der Waals surface area (Å²) < 4.78 is 10.9. The Bertz CT molecular complexity index is 313. The van der Waals surface area contributed by atoms with Crippen LogP contribution in [0.1, 0.15) is 13.8 Å². The van der Waals surface area contributed by atoms with Gasteiger partial charge in [0.05, 0.1) is 38.6 Å². The molecule has 2 aliphatic rings. The second-order valence-electron chi connectivity index (χ2n) is 5.44. The van der Waals surface area contributed by atoms with Crippen LogP contribution in [0.5, 0.6) is 0 Å². The Labute approximate surface area is 114 Å². The zero-order valence-electron chi connectivity index (χ0n) is 11.7. The number of aliphatic hydroxyl groups is 1. The monoisotopic (exact) mass is 272 g/mol. The molecule has 2 heterocycles. The van der Waals surface area contributed by atoms with Gasteiger partial charge in [0.15, 0.2) is 0 Å². The van der Waals surface area contributed by atoms with Crippen LogP contribution in [0.3, 0.4) is 0 Å². The fraction of sp³-hybridized carbons (Fsp3) is 0.923. The van der Waals surface area contributed by atoms with Crippen molar-refractivity contribution >= 4 is 5.91 Å². The van der Waals surface area contributed by atoms with Crippen molar-refractivity contribution < 1.29 is 19.4 Å². The third-order valence-corrected chi connectivity index (χ3v) is 3.77. The highest BCUT2D eigenvalue weighted by atomic mass is 16.5. The fourth-order valence-electron chi connectivity index (χ4n) is 2.52. The van der Waals surface area contributed by atoms with Gasteiger partial charge in [0, 0.05) is 25.7 Å². The molecule has 0 saturated carbocycles. The minimum absolute atomic E-state index is 0.00595.